The van der Waals surface area contributed by atoms with Gasteiger partial charge in [0.15, 0.2) is 0 Å². The van der Waals surface area contributed by atoms with E-state index in [4.69, 9.17) is 0 Å². The smallest absolute Gasteiger partial charge is 0.0272 e. The van der Waals surface area contributed by atoms with Gasteiger partial charge in [0.25, 0.3) is 0 Å². The van der Waals surface area contributed by atoms with Crippen LogP contribution in [0.3, 0.4) is 0 Å². The zero-order chi connectivity index (χ0) is 10.4. The first-order chi connectivity index (χ1) is 6.45. The highest BCUT2D eigenvalue weighted by Crippen LogP contribution is 2.58. The number of hydrogen-bond acceptors (Lipinski definition) is 0. The Labute approximate surface area is 96.8 Å². The van der Waals surface area contributed by atoms with Crippen LogP contribution >= 0.6 is 0 Å². The number of hydrogen-bond donors (Lipinski definition) is 0. The lowest BCUT2D eigenvalue weighted by molar-refractivity contribution is -0.0636. The largest absolute Gasteiger partial charge is 0.0776 e. The first kappa shape index (κ1) is 13.1. The van der Waals surface area contributed by atoms with E-state index in [2.05, 4.69) is 27.7 Å². The van der Waals surface area contributed by atoms with Crippen molar-refractivity contribution in [1.82, 2.24) is 0 Å². The van der Waals surface area contributed by atoms with Gasteiger partial charge >= 0.3 is 0 Å². The molecule has 0 amide bonds. The summed E-state index contributed by atoms with van der Waals surface area (Å²) >= 11 is 0. The van der Waals surface area contributed by atoms with Gasteiger partial charge in [-0.15, -0.1) is 0 Å². The van der Waals surface area contributed by atoms with Gasteiger partial charge in [-0.2, -0.15) is 0 Å². The average Bonchev–Trinajstić information content (AvgIpc) is 2.13. The van der Waals surface area contributed by atoms with E-state index in [9.17, 15) is 0 Å². The van der Waals surface area contributed by atoms with Crippen molar-refractivity contribution in [3.05, 3.63) is 0 Å². The summed E-state index contributed by atoms with van der Waals surface area (Å²) in [5.41, 5.74) is 1.13. The van der Waals surface area contributed by atoms with Crippen molar-refractivity contribution in [2.75, 3.05) is 0 Å². The van der Waals surface area contributed by atoms with E-state index >= 15 is 0 Å². The molecule has 0 aliphatic heterocycles. The summed E-state index contributed by atoms with van der Waals surface area (Å²) in [7, 11) is 0. The minimum atomic E-state index is 0. The molecule has 2 atom stereocenters. The van der Waals surface area contributed by atoms with Gasteiger partial charge in [0, 0.05) is 0 Å². The Hall–Kier alpha value is 0. The van der Waals surface area contributed by atoms with E-state index in [-0.39, 0.29) is 7.43 Å². The monoisotopic (exact) mass is 210 g/mol. The molecule has 2 rings (SSSR count). The molecule has 0 heterocycles. The van der Waals surface area contributed by atoms with Crippen molar-refractivity contribution in [2.24, 2.45) is 22.7 Å². The van der Waals surface area contributed by atoms with Gasteiger partial charge in [-0.05, 0) is 41.9 Å². The highest BCUT2D eigenvalue weighted by molar-refractivity contribution is 4.99. The Bertz CT molecular complexity index is 212. The van der Waals surface area contributed by atoms with Crippen LogP contribution < -0.4 is 0 Å². The summed E-state index contributed by atoms with van der Waals surface area (Å²) in [6.45, 7) is 10.0. The van der Waals surface area contributed by atoms with Crippen molar-refractivity contribution in [3.8, 4) is 0 Å². The molecule has 0 aromatic heterocycles. The lowest BCUT2D eigenvalue weighted by Crippen LogP contribution is -2.47. The molecule has 0 nitrogen and oxygen atoms in total. The maximum absolute atomic E-state index is 2.52. The maximum atomic E-state index is 2.52. The molecule has 2 aliphatic carbocycles. The van der Waals surface area contributed by atoms with E-state index < -0.39 is 0 Å². The molecule has 2 saturated carbocycles. The molecular formula is C15H30. The molecule has 0 aromatic carbocycles. The Morgan fingerprint density at radius 3 is 2.13 bits per heavy atom. The van der Waals surface area contributed by atoms with E-state index in [1.54, 1.807) is 0 Å². The number of rotatable bonds is 0. The summed E-state index contributed by atoms with van der Waals surface area (Å²) in [6, 6.07) is 0. The van der Waals surface area contributed by atoms with Gasteiger partial charge in [0.05, 0.1) is 0 Å². The lowest BCUT2D eigenvalue weighted by atomic mass is 9.49. The second-order valence-electron chi connectivity index (χ2n) is 6.80. The Morgan fingerprint density at radius 2 is 1.47 bits per heavy atom. The third kappa shape index (κ3) is 1.97. The van der Waals surface area contributed by atoms with Crippen molar-refractivity contribution >= 4 is 0 Å². The van der Waals surface area contributed by atoms with Crippen LogP contribution in [0.25, 0.3) is 0 Å². The molecule has 0 aromatic rings. The van der Waals surface area contributed by atoms with Crippen molar-refractivity contribution in [2.45, 2.75) is 73.6 Å². The van der Waals surface area contributed by atoms with Crippen LogP contribution in [0.2, 0.25) is 0 Å². The van der Waals surface area contributed by atoms with Crippen LogP contribution in [-0.2, 0) is 0 Å². The van der Waals surface area contributed by atoms with Crippen molar-refractivity contribution < 1.29 is 0 Å². The second kappa shape index (κ2) is 4.11. The fourth-order valence-electron chi connectivity index (χ4n) is 3.87. The van der Waals surface area contributed by atoms with Crippen molar-refractivity contribution in [3.63, 3.8) is 0 Å². The Morgan fingerprint density at radius 1 is 0.867 bits per heavy atom. The number of fused-ring (bicyclic) bond motifs is 1. The van der Waals surface area contributed by atoms with Crippen LogP contribution in [0, 0.1) is 22.7 Å². The Balaban J connectivity index is 0.00000112. The first-order valence-corrected chi connectivity index (χ1v) is 6.45. The topological polar surface area (TPSA) is 0 Å². The van der Waals surface area contributed by atoms with Gasteiger partial charge in [-0.3, -0.25) is 0 Å². The molecule has 0 heteroatoms. The van der Waals surface area contributed by atoms with Crippen LogP contribution in [0.5, 0.6) is 0 Å². The molecule has 0 saturated heterocycles. The van der Waals surface area contributed by atoms with Crippen LogP contribution in [0.15, 0.2) is 0 Å². The average molecular weight is 210 g/mol. The summed E-state index contributed by atoms with van der Waals surface area (Å²) in [4.78, 5) is 0. The summed E-state index contributed by atoms with van der Waals surface area (Å²) in [5.74, 6) is 2.08. The third-order valence-electron chi connectivity index (χ3n) is 5.72. The van der Waals surface area contributed by atoms with Crippen LogP contribution in [0.4, 0.5) is 0 Å². The Kier molecular flexibility index (Phi) is 3.58. The van der Waals surface area contributed by atoms with E-state index in [0.29, 0.717) is 10.8 Å². The van der Waals surface area contributed by atoms with Gasteiger partial charge in [0.2, 0.25) is 0 Å². The summed E-state index contributed by atoms with van der Waals surface area (Å²) in [5, 5.41) is 0. The predicted molar refractivity (Wildman–Crippen MR) is 69.0 cm³/mol. The zero-order valence-electron chi connectivity index (χ0n) is 10.4. The highest BCUT2D eigenvalue weighted by Gasteiger charge is 2.49. The van der Waals surface area contributed by atoms with Crippen molar-refractivity contribution in [1.29, 1.82) is 0 Å². The van der Waals surface area contributed by atoms with Gasteiger partial charge < -0.3 is 0 Å². The van der Waals surface area contributed by atoms with E-state index in [0.717, 1.165) is 11.8 Å². The summed E-state index contributed by atoms with van der Waals surface area (Å²) < 4.78 is 0. The molecule has 2 aliphatic rings. The molecule has 0 spiro atoms. The fraction of sp³-hybridized carbons (Fsp3) is 1.00. The van der Waals surface area contributed by atoms with E-state index in [1.807, 2.05) is 0 Å². The third-order valence-corrected chi connectivity index (χ3v) is 5.72. The molecular weight excluding hydrogens is 180 g/mol. The predicted octanol–water partition coefficient (Wildman–Crippen LogP) is 5.28. The molecule has 0 bridgehead atoms. The fourth-order valence-corrected chi connectivity index (χ4v) is 3.87. The molecule has 0 radical (unpaired) electrons. The standard InChI is InChI=1S/C14H26.CH4/c1-13(2)10-9-11-7-5-6-8-12(11)14(13,3)4;/h11-12H,5-10H2,1-4H3;1H4. The molecule has 2 fully saturated rings. The molecule has 15 heavy (non-hydrogen) atoms. The van der Waals surface area contributed by atoms with Gasteiger partial charge in [0.1, 0.15) is 0 Å². The molecule has 90 valence electrons. The zero-order valence-corrected chi connectivity index (χ0v) is 10.4. The minimum absolute atomic E-state index is 0. The quantitative estimate of drug-likeness (QED) is 0.510. The minimum Gasteiger partial charge on any atom is -0.0776 e. The van der Waals surface area contributed by atoms with Crippen LogP contribution in [-0.4, -0.2) is 0 Å². The SMILES string of the molecule is C.CC1(C)CCC2CCCCC2C1(C)C. The maximum Gasteiger partial charge on any atom is -0.0272 e. The van der Waals surface area contributed by atoms with Crippen LogP contribution in [0.1, 0.15) is 73.6 Å². The van der Waals surface area contributed by atoms with Gasteiger partial charge in [-0.1, -0.05) is 54.4 Å². The van der Waals surface area contributed by atoms with Gasteiger partial charge in [-0.25, -0.2) is 0 Å². The molecule has 0 N–H and O–H groups in total. The second-order valence-corrected chi connectivity index (χ2v) is 6.80. The lowest BCUT2D eigenvalue weighted by Gasteiger charge is -2.56. The molecule has 2 unspecified atom stereocenters. The summed E-state index contributed by atoms with van der Waals surface area (Å²) in [6.07, 6.45) is 8.95. The highest BCUT2D eigenvalue weighted by atomic mass is 14.5. The van der Waals surface area contributed by atoms with E-state index in [1.165, 1.54) is 38.5 Å². The normalized spacial score (nSPS) is 37.6. The first-order valence-electron chi connectivity index (χ1n) is 6.45.